The predicted octanol–water partition coefficient (Wildman–Crippen LogP) is 2.31. The van der Waals surface area contributed by atoms with Crippen LogP contribution in [0.25, 0.3) is 0 Å². The van der Waals surface area contributed by atoms with Gasteiger partial charge < -0.3 is 10.8 Å². The monoisotopic (exact) mass is 262 g/mol. The molecule has 3 nitrogen and oxygen atoms in total. The quantitative estimate of drug-likeness (QED) is 0.856. The van der Waals surface area contributed by atoms with Crippen molar-refractivity contribution >= 4 is 0 Å². The van der Waals surface area contributed by atoms with Gasteiger partial charge in [-0.1, -0.05) is 43.2 Å². The van der Waals surface area contributed by atoms with Gasteiger partial charge in [-0.2, -0.15) is 0 Å². The Labute approximate surface area is 116 Å². The van der Waals surface area contributed by atoms with Crippen molar-refractivity contribution in [2.45, 2.75) is 50.3 Å². The van der Waals surface area contributed by atoms with Crippen LogP contribution in [0.15, 0.2) is 30.3 Å². The molecule has 0 aromatic heterocycles. The van der Waals surface area contributed by atoms with Gasteiger partial charge in [-0.25, -0.2) is 0 Å². The van der Waals surface area contributed by atoms with Gasteiger partial charge in [-0.15, -0.1) is 0 Å². The molecule has 1 aliphatic carbocycles. The van der Waals surface area contributed by atoms with Crippen molar-refractivity contribution < 1.29 is 5.11 Å². The highest BCUT2D eigenvalue weighted by atomic mass is 16.3. The molecule has 0 bridgehead atoms. The maximum atomic E-state index is 10.2. The van der Waals surface area contributed by atoms with E-state index in [1.54, 1.807) is 0 Å². The predicted molar refractivity (Wildman–Crippen MR) is 78.9 cm³/mol. The summed E-state index contributed by atoms with van der Waals surface area (Å²) >= 11 is 0. The molecule has 1 aliphatic rings. The van der Waals surface area contributed by atoms with Crippen LogP contribution in [0, 0.1) is 0 Å². The Bertz CT molecular complexity index is 368. The van der Waals surface area contributed by atoms with Gasteiger partial charge in [0.2, 0.25) is 0 Å². The van der Waals surface area contributed by atoms with Crippen molar-refractivity contribution in [1.29, 1.82) is 0 Å². The molecule has 0 heterocycles. The summed E-state index contributed by atoms with van der Waals surface area (Å²) in [5.74, 6) is 0. The number of rotatable bonds is 5. The third-order valence-electron chi connectivity index (χ3n) is 4.33. The molecule has 1 aromatic carbocycles. The lowest BCUT2D eigenvalue weighted by atomic mass is 9.89. The highest BCUT2D eigenvalue weighted by Gasteiger charge is 2.30. The van der Waals surface area contributed by atoms with Crippen molar-refractivity contribution in [3.05, 3.63) is 35.9 Å². The largest absolute Gasteiger partial charge is 0.391 e. The molecule has 19 heavy (non-hydrogen) atoms. The maximum Gasteiger partial charge on any atom is 0.0695 e. The van der Waals surface area contributed by atoms with E-state index in [9.17, 15) is 5.11 Å². The first kappa shape index (κ1) is 14.5. The number of hydrogen-bond acceptors (Lipinski definition) is 3. The molecule has 3 unspecified atom stereocenters. The van der Waals surface area contributed by atoms with Crippen LogP contribution in [0.3, 0.4) is 0 Å². The van der Waals surface area contributed by atoms with E-state index < -0.39 is 0 Å². The molecule has 0 aliphatic heterocycles. The van der Waals surface area contributed by atoms with Gasteiger partial charge in [0.1, 0.15) is 0 Å². The van der Waals surface area contributed by atoms with E-state index in [1.165, 1.54) is 12.0 Å². The molecule has 1 aromatic rings. The molecule has 3 N–H and O–H groups in total. The molecule has 106 valence electrons. The molecule has 3 atom stereocenters. The highest BCUT2D eigenvalue weighted by molar-refractivity contribution is 5.19. The second kappa shape index (κ2) is 7.04. The van der Waals surface area contributed by atoms with E-state index in [2.05, 4.69) is 36.2 Å². The molecule has 1 saturated carbocycles. The Morgan fingerprint density at radius 1 is 1.26 bits per heavy atom. The Morgan fingerprint density at radius 2 is 1.95 bits per heavy atom. The van der Waals surface area contributed by atoms with Crippen LogP contribution in [-0.2, 0) is 0 Å². The SMILES string of the molecule is CN(C(CCN)c1ccccc1)C1CCCCC1O. The average Bonchev–Trinajstić information content (AvgIpc) is 2.45. The number of benzene rings is 1. The summed E-state index contributed by atoms with van der Waals surface area (Å²) in [6, 6.07) is 11.1. The molecular formula is C16H26N2O. The molecule has 0 radical (unpaired) electrons. The summed E-state index contributed by atoms with van der Waals surface area (Å²) in [7, 11) is 2.13. The Balaban J connectivity index is 2.14. The minimum absolute atomic E-state index is 0.192. The minimum Gasteiger partial charge on any atom is -0.391 e. The van der Waals surface area contributed by atoms with Crippen LogP contribution in [0.4, 0.5) is 0 Å². The van der Waals surface area contributed by atoms with Crippen LogP contribution in [0.1, 0.15) is 43.7 Å². The number of aliphatic hydroxyl groups excluding tert-OH is 1. The summed E-state index contributed by atoms with van der Waals surface area (Å²) in [5.41, 5.74) is 7.08. The summed E-state index contributed by atoms with van der Waals surface area (Å²) < 4.78 is 0. The summed E-state index contributed by atoms with van der Waals surface area (Å²) in [6.45, 7) is 0.673. The lowest BCUT2D eigenvalue weighted by molar-refractivity contribution is 0.0108. The standard InChI is InChI=1S/C16H26N2O/c1-18(15-9-5-6-10-16(15)19)14(11-12-17)13-7-3-2-4-8-13/h2-4,7-8,14-16,19H,5-6,9-12,17H2,1H3. The number of likely N-dealkylation sites (N-methyl/N-ethyl adjacent to an activating group) is 1. The lowest BCUT2D eigenvalue weighted by Crippen LogP contribution is -2.45. The van der Waals surface area contributed by atoms with E-state index >= 15 is 0 Å². The number of nitrogens with two attached hydrogens (primary N) is 1. The molecular weight excluding hydrogens is 236 g/mol. The highest BCUT2D eigenvalue weighted by Crippen LogP contribution is 2.30. The summed E-state index contributed by atoms with van der Waals surface area (Å²) in [5, 5.41) is 10.2. The van der Waals surface area contributed by atoms with E-state index in [0.717, 1.165) is 25.7 Å². The van der Waals surface area contributed by atoms with Crippen molar-refractivity contribution in [2.24, 2.45) is 5.73 Å². The number of aliphatic hydroxyl groups is 1. The first-order valence-corrected chi connectivity index (χ1v) is 7.39. The second-order valence-electron chi connectivity index (χ2n) is 5.59. The third-order valence-corrected chi connectivity index (χ3v) is 4.33. The minimum atomic E-state index is -0.192. The smallest absolute Gasteiger partial charge is 0.0695 e. The first-order chi connectivity index (χ1) is 9.24. The molecule has 0 amide bonds. The van der Waals surface area contributed by atoms with Gasteiger partial charge in [0.05, 0.1) is 6.10 Å². The second-order valence-corrected chi connectivity index (χ2v) is 5.59. The normalized spacial score (nSPS) is 25.5. The zero-order valence-electron chi connectivity index (χ0n) is 11.8. The molecule has 2 rings (SSSR count). The molecule has 3 heteroatoms. The zero-order chi connectivity index (χ0) is 13.7. The van der Waals surface area contributed by atoms with E-state index in [0.29, 0.717) is 12.6 Å². The maximum absolute atomic E-state index is 10.2. The van der Waals surface area contributed by atoms with Crippen LogP contribution >= 0.6 is 0 Å². The van der Waals surface area contributed by atoms with Crippen molar-refractivity contribution in [2.75, 3.05) is 13.6 Å². The summed E-state index contributed by atoms with van der Waals surface area (Å²) in [4.78, 5) is 2.34. The van der Waals surface area contributed by atoms with E-state index in [-0.39, 0.29) is 12.1 Å². The van der Waals surface area contributed by atoms with Crippen LogP contribution < -0.4 is 5.73 Å². The van der Waals surface area contributed by atoms with Gasteiger partial charge in [0.25, 0.3) is 0 Å². The van der Waals surface area contributed by atoms with Crippen molar-refractivity contribution in [1.82, 2.24) is 4.90 Å². The fourth-order valence-electron chi connectivity index (χ4n) is 3.24. The lowest BCUT2D eigenvalue weighted by Gasteiger charge is -2.40. The molecule has 0 saturated heterocycles. The Kier molecular flexibility index (Phi) is 5.37. The number of hydrogen-bond donors (Lipinski definition) is 2. The third kappa shape index (κ3) is 3.56. The number of nitrogens with zero attached hydrogens (tertiary/aromatic N) is 1. The van der Waals surface area contributed by atoms with E-state index in [4.69, 9.17) is 5.73 Å². The first-order valence-electron chi connectivity index (χ1n) is 7.39. The average molecular weight is 262 g/mol. The van der Waals surface area contributed by atoms with Crippen LogP contribution in [0.2, 0.25) is 0 Å². The fourth-order valence-corrected chi connectivity index (χ4v) is 3.24. The van der Waals surface area contributed by atoms with Gasteiger partial charge in [-0.05, 0) is 38.4 Å². The van der Waals surface area contributed by atoms with Gasteiger partial charge in [0, 0.05) is 12.1 Å². The topological polar surface area (TPSA) is 49.5 Å². The van der Waals surface area contributed by atoms with Gasteiger partial charge >= 0.3 is 0 Å². The Morgan fingerprint density at radius 3 is 2.58 bits per heavy atom. The van der Waals surface area contributed by atoms with Gasteiger partial charge in [0.15, 0.2) is 0 Å². The van der Waals surface area contributed by atoms with Crippen LogP contribution in [-0.4, -0.2) is 35.7 Å². The molecule has 1 fully saturated rings. The van der Waals surface area contributed by atoms with Gasteiger partial charge in [-0.3, -0.25) is 4.90 Å². The fraction of sp³-hybridized carbons (Fsp3) is 0.625. The van der Waals surface area contributed by atoms with Crippen LogP contribution in [0.5, 0.6) is 0 Å². The van der Waals surface area contributed by atoms with E-state index in [1.807, 2.05) is 6.07 Å². The van der Waals surface area contributed by atoms with Crippen molar-refractivity contribution in [3.63, 3.8) is 0 Å². The van der Waals surface area contributed by atoms with Crippen molar-refractivity contribution in [3.8, 4) is 0 Å². The summed E-state index contributed by atoms with van der Waals surface area (Å²) in [6.07, 6.45) is 5.13. The Hall–Kier alpha value is -0.900. The zero-order valence-corrected chi connectivity index (χ0v) is 11.8. The molecule has 0 spiro atoms.